The number of fused-ring (bicyclic) bond motifs is 1. The monoisotopic (exact) mass is 457 g/mol. The number of pyridine rings is 1. The molecule has 0 radical (unpaired) electrons. The summed E-state index contributed by atoms with van der Waals surface area (Å²) in [5.74, 6) is 0.0845. The summed E-state index contributed by atoms with van der Waals surface area (Å²) in [5.41, 5.74) is 3.62. The highest BCUT2D eigenvalue weighted by Crippen LogP contribution is 2.27. The molecule has 1 aromatic carbocycles. The number of aryl methyl sites for hydroxylation is 3. The number of anilines is 1. The molecule has 5 rings (SSSR count). The third-order valence-electron chi connectivity index (χ3n) is 5.46. The first-order valence-corrected chi connectivity index (χ1v) is 10.5. The number of benzene rings is 1. The van der Waals surface area contributed by atoms with E-state index in [1.54, 1.807) is 39.5 Å². The summed E-state index contributed by atoms with van der Waals surface area (Å²) in [6.45, 7) is 5.32. The van der Waals surface area contributed by atoms with E-state index in [1.165, 1.54) is 27.6 Å². The van der Waals surface area contributed by atoms with E-state index in [0.717, 1.165) is 16.8 Å². The first-order valence-electron chi connectivity index (χ1n) is 10.5. The molecule has 9 nitrogen and oxygen atoms in total. The van der Waals surface area contributed by atoms with Crippen LogP contribution in [-0.2, 0) is 0 Å². The summed E-state index contributed by atoms with van der Waals surface area (Å²) in [4.78, 5) is 31.5. The lowest BCUT2D eigenvalue weighted by molar-refractivity contribution is 0.0964. The van der Waals surface area contributed by atoms with Crippen molar-refractivity contribution >= 4 is 17.4 Å². The van der Waals surface area contributed by atoms with Gasteiger partial charge >= 0.3 is 0 Å². The average molecular weight is 457 g/mol. The molecular formula is C24H20FN7O2. The van der Waals surface area contributed by atoms with E-state index in [4.69, 9.17) is 4.42 Å². The molecule has 0 unspecified atom stereocenters. The van der Waals surface area contributed by atoms with E-state index < -0.39 is 11.7 Å². The minimum Gasteiger partial charge on any atom is -0.436 e. The lowest BCUT2D eigenvalue weighted by Crippen LogP contribution is -2.26. The third-order valence-corrected chi connectivity index (χ3v) is 5.46. The van der Waals surface area contributed by atoms with Crippen LogP contribution >= 0.6 is 0 Å². The van der Waals surface area contributed by atoms with Crippen molar-refractivity contribution in [3.05, 3.63) is 77.6 Å². The lowest BCUT2D eigenvalue weighted by atomic mass is 10.1. The second kappa shape index (κ2) is 8.14. The molecule has 5 aromatic rings. The average Bonchev–Trinajstić information content (AvgIpc) is 3.40. The van der Waals surface area contributed by atoms with Crippen LogP contribution in [0.3, 0.4) is 0 Å². The van der Waals surface area contributed by atoms with Crippen LogP contribution < -0.4 is 4.90 Å². The summed E-state index contributed by atoms with van der Waals surface area (Å²) >= 11 is 0. The first-order chi connectivity index (χ1) is 16.3. The molecule has 0 spiro atoms. The van der Waals surface area contributed by atoms with Crippen molar-refractivity contribution in [2.45, 2.75) is 20.8 Å². The Balaban J connectivity index is 1.52. The normalized spacial score (nSPS) is 11.2. The van der Waals surface area contributed by atoms with Gasteiger partial charge in [0.15, 0.2) is 11.7 Å². The van der Waals surface area contributed by atoms with Gasteiger partial charge in [0.1, 0.15) is 5.82 Å². The van der Waals surface area contributed by atoms with Gasteiger partial charge in [0.25, 0.3) is 11.7 Å². The number of nitrogens with zero attached hydrogens (tertiary/aromatic N) is 7. The van der Waals surface area contributed by atoms with E-state index in [2.05, 4.69) is 25.0 Å². The van der Waals surface area contributed by atoms with Gasteiger partial charge in [0.05, 0.1) is 17.0 Å². The Labute approximate surface area is 193 Å². The maximum Gasteiger partial charge on any atom is 0.295 e. The highest BCUT2D eigenvalue weighted by Gasteiger charge is 2.23. The number of oxazole rings is 1. The lowest BCUT2D eigenvalue weighted by Gasteiger charge is -2.17. The fraction of sp³-hybridized carbons (Fsp3) is 0.167. The van der Waals surface area contributed by atoms with Gasteiger partial charge in [-0.15, -0.1) is 5.10 Å². The molecule has 0 N–H and O–H groups in total. The van der Waals surface area contributed by atoms with Crippen molar-refractivity contribution < 1.29 is 13.6 Å². The zero-order valence-corrected chi connectivity index (χ0v) is 18.9. The van der Waals surface area contributed by atoms with Gasteiger partial charge in [-0.05, 0) is 43.7 Å². The molecule has 0 saturated heterocycles. The van der Waals surface area contributed by atoms with Crippen LogP contribution in [0.15, 0.2) is 53.3 Å². The molecule has 0 aliphatic carbocycles. The van der Waals surface area contributed by atoms with Crippen LogP contribution in [0.25, 0.3) is 28.4 Å². The molecule has 4 aromatic heterocycles. The van der Waals surface area contributed by atoms with Crippen LogP contribution in [0.1, 0.15) is 27.7 Å². The number of carbonyl (C=O) groups is 1. The summed E-state index contributed by atoms with van der Waals surface area (Å²) in [5, 5.41) is 4.42. The molecule has 0 saturated carbocycles. The Morgan fingerprint density at radius 3 is 2.68 bits per heavy atom. The fourth-order valence-corrected chi connectivity index (χ4v) is 3.70. The van der Waals surface area contributed by atoms with Crippen LogP contribution in [-0.4, -0.2) is 42.5 Å². The van der Waals surface area contributed by atoms with Gasteiger partial charge in [-0.3, -0.25) is 9.78 Å². The highest BCUT2D eigenvalue weighted by atomic mass is 19.1. The summed E-state index contributed by atoms with van der Waals surface area (Å²) in [7, 11) is 1.58. The van der Waals surface area contributed by atoms with Crippen molar-refractivity contribution in [2.24, 2.45) is 0 Å². The molecular weight excluding hydrogens is 437 g/mol. The van der Waals surface area contributed by atoms with Crippen LogP contribution in [0.4, 0.5) is 10.1 Å². The molecule has 10 heteroatoms. The topological polar surface area (TPSA) is 102 Å². The second-order valence-corrected chi connectivity index (χ2v) is 7.87. The molecule has 34 heavy (non-hydrogen) atoms. The van der Waals surface area contributed by atoms with Crippen LogP contribution in [0.5, 0.6) is 0 Å². The number of aromatic nitrogens is 6. The molecule has 0 aliphatic heterocycles. The SMILES string of the molecule is Cc1nc(C)c(C(=O)N(C)c2ccc(F)c(-c3nc4ncc(-c5ncccc5C)cn4n3)c2)o1. The van der Waals surface area contributed by atoms with Crippen LogP contribution in [0.2, 0.25) is 0 Å². The molecule has 0 aliphatic rings. The highest BCUT2D eigenvalue weighted by molar-refractivity contribution is 6.04. The largest absolute Gasteiger partial charge is 0.436 e. The number of halogens is 1. The Bertz CT molecular complexity index is 1560. The van der Waals surface area contributed by atoms with Gasteiger partial charge in [0, 0.05) is 43.8 Å². The smallest absolute Gasteiger partial charge is 0.295 e. The Morgan fingerprint density at radius 2 is 1.94 bits per heavy atom. The standard InChI is InChI=1S/C24H20FN7O2/c1-13-6-5-9-26-20(13)16-11-27-24-29-22(30-32(24)12-16)18-10-17(7-8-19(18)25)31(4)23(33)21-14(2)28-15(3)34-21/h5-12H,1-4H3. The first kappa shape index (κ1) is 21.4. The third kappa shape index (κ3) is 3.68. The maximum absolute atomic E-state index is 14.8. The van der Waals surface area contributed by atoms with Crippen molar-refractivity contribution in [1.82, 2.24) is 29.5 Å². The predicted molar refractivity (Wildman–Crippen MR) is 123 cm³/mol. The van der Waals surface area contributed by atoms with Crippen molar-refractivity contribution in [3.63, 3.8) is 0 Å². The van der Waals surface area contributed by atoms with Crippen molar-refractivity contribution in [2.75, 3.05) is 11.9 Å². The molecule has 4 heterocycles. The van der Waals surface area contributed by atoms with Crippen LogP contribution in [0, 0.1) is 26.6 Å². The number of hydrogen-bond donors (Lipinski definition) is 0. The Hall–Kier alpha value is -4.47. The minimum absolute atomic E-state index is 0.137. The van der Waals surface area contributed by atoms with Gasteiger partial charge in [-0.1, -0.05) is 6.07 Å². The van der Waals surface area contributed by atoms with E-state index in [1.807, 2.05) is 19.1 Å². The van der Waals surface area contributed by atoms with Crippen molar-refractivity contribution in [1.29, 1.82) is 0 Å². The van der Waals surface area contributed by atoms with Gasteiger partial charge < -0.3 is 9.32 Å². The summed E-state index contributed by atoms with van der Waals surface area (Å²) in [6, 6.07) is 8.12. The predicted octanol–water partition coefficient (Wildman–Crippen LogP) is 4.18. The number of carbonyl (C=O) groups excluding carboxylic acids is 1. The van der Waals surface area contributed by atoms with Crippen molar-refractivity contribution in [3.8, 4) is 22.6 Å². The summed E-state index contributed by atoms with van der Waals surface area (Å²) in [6.07, 6.45) is 5.12. The van der Waals surface area contributed by atoms with Gasteiger partial charge in [0.2, 0.25) is 5.76 Å². The minimum atomic E-state index is -0.520. The van der Waals surface area contributed by atoms with E-state index in [-0.39, 0.29) is 17.1 Å². The Kier molecular flexibility index (Phi) is 5.12. The summed E-state index contributed by atoms with van der Waals surface area (Å²) < 4.78 is 21.7. The fourth-order valence-electron chi connectivity index (χ4n) is 3.70. The zero-order chi connectivity index (χ0) is 24.0. The van der Waals surface area contributed by atoms with E-state index in [9.17, 15) is 9.18 Å². The number of rotatable bonds is 4. The molecule has 0 atom stereocenters. The second-order valence-electron chi connectivity index (χ2n) is 7.87. The van der Waals surface area contributed by atoms with E-state index in [0.29, 0.717) is 23.0 Å². The van der Waals surface area contributed by atoms with Gasteiger partial charge in [-0.25, -0.2) is 18.9 Å². The maximum atomic E-state index is 14.8. The molecule has 170 valence electrons. The molecule has 0 fully saturated rings. The molecule has 1 amide bonds. The quantitative estimate of drug-likeness (QED) is 0.399. The number of amides is 1. The molecule has 0 bridgehead atoms. The zero-order valence-electron chi connectivity index (χ0n) is 18.9. The van der Waals surface area contributed by atoms with E-state index >= 15 is 0 Å². The Morgan fingerprint density at radius 1 is 1.12 bits per heavy atom. The number of hydrogen-bond acceptors (Lipinski definition) is 7. The van der Waals surface area contributed by atoms with Gasteiger partial charge in [-0.2, -0.15) is 4.98 Å².